The summed E-state index contributed by atoms with van der Waals surface area (Å²) < 4.78 is 1.89. The zero-order valence-electron chi connectivity index (χ0n) is 12.0. The van der Waals surface area contributed by atoms with Crippen LogP contribution in [-0.2, 0) is 13.5 Å². The number of aromatic nitrogens is 3. The van der Waals surface area contributed by atoms with Gasteiger partial charge in [-0.3, -0.25) is 0 Å². The van der Waals surface area contributed by atoms with Gasteiger partial charge < -0.3 is 20.8 Å². The summed E-state index contributed by atoms with van der Waals surface area (Å²) in [5.74, 6) is 1.12. The van der Waals surface area contributed by atoms with Gasteiger partial charge >= 0.3 is 0 Å². The van der Waals surface area contributed by atoms with Crippen LogP contribution in [0.1, 0.15) is 23.9 Å². The maximum atomic E-state index is 8.76. The fourth-order valence-corrected chi connectivity index (χ4v) is 2.13. The van der Waals surface area contributed by atoms with Crippen molar-refractivity contribution in [2.75, 3.05) is 6.54 Å². The van der Waals surface area contributed by atoms with Crippen molar-refractivity contribution in [2.45, 2.75) is 18.9 Å². The van der Waals surface area contributed by atoms with Crippen LogP contribution < -0.4 is 11.1 Å². The standard InChI is InChI=1S/C14H20N6O/c1-20-10-17-18-14(20)7-8-16-12(9-13(15)19-21)11-5-3-2-4-6-11/h2-6,10,12,16,21H,7-9H2,1H3,(H2,15,19). The normalized spacial score (nSPS) is 13.3. The largest absolute Gasteiger partial charge is 0.409 e. The number of rotatable bonds is 7. The van der Waals surface area contributed by atoms with Crippen LogP contribution in [0.15, 0.2) is 41.8 Å². The van der Waals surface area contributed by atoms with Crippen molar-refractivity contribution in [3.63, 3.8) is 0 Å². The van der Waals surface area contributed by atoms with Crippen LogP contribution in [0.2, 0.25) is 0 Å². The molecule has 0 saturated heterocycles. The van der Waals surface area contributed by atoms with Gasteiger partial charge in [0.2, 0.25) is 0 Å². The van der Waals surface area contributed by atoms with Gasteiger partial charge in [0, 0.05) is 32.5 Å². The van der Waals surface area contributed by atoms with E-state index in [4.69, 9.17) is 10.9 Å². The number of aryl methyl sites for hydroxylation is 1. The Hall–Kier alpha value is -2.41. The fraction of sp³-hybridized carbons (Fsp3) is 0.357. The summed E-state index contributed by atoms with van der Waals surface area (Å²) in [7, 11) is 1.92. The Morgan fingerprint density at radius 3 is 2.81 bits per heavy atom. The number of hydrogen-bond acceptors (Lipinski definition) is 5. The lowest BCUT2D eigenvalue weighted by molar-refractivity contribution is 0.315. The van der Waals surface area contributed by atoms with Gasteiger partial charge in [0.25, 0.3) is 0 Å². The molecule has 7 nitrogen and oxygen atoms in total. The second-order valence-corrected chi connectivity index (χ2v) is 4.82. The van der Waals surface area contributed by atoms with E-state index >= 15 is 0 Å². The third-order valence-corrected chi connectivity index (χ3v) is 3.29. The summed E-state index contributed by atoms with van der Waals surface area (Å²) in [6.07, 6.45) is 2.88. The molecule has 0 aliphatic rings. The first-order valence-corrected chi connectivity index (χ1v) is 6.78. The molecular formula is C14H20N6O. The van der Waals surface area contributed by atoms with Gasteiger partial charge in [-0.1, -0.05) is 35.5 Å². The SMILES string of the molecule is Cn1cnnc1CCNC(CC(N)=NO)c1ccccc1. The third kappa shape index (κ3) is 4.28. The zero-order chi connectivity index (χ0) is 15.1. The number of nitrogens with two attached hydrogens (primary N) is 1. The summed E-state index contributed by atoms with van der Waals surface area (Å²) in [4.78, 5) is 0. The van der Waals surface area contributed by atoms with E-state index in [0.29, 0.717) is 6.42 Å². The topological polar surface area (TPSA) is 101 Å². The Labute approximate surface area is 123 Å². The van der Waals surface area contributed by atoms with Crippen LogP contribution >= 0.6 is 0 Å². The maximum absolute atomic E-state index is 8.76. The first kappa shape index (κ1) is 15.0. The van der Waals surface area contributed by atoms with Crippen LogP contribution in [0, 0.1) is 0 Å². The molecule has 0 bridgehead atoms. The molecule has 0 saturated carbocycles. The minimum atomic E-state index is -0.00433. The summed E-state index contributed by atoms with van der Waals surface area (Å²) in [6, 6.07) is 9.94. The van der Waals surface area contributed by atoms with Gasteiger partial charge in [-0.15, -0.1) is 10.2 Å². The van der Waals surface area contributed by atoms with E-state index in [9.17, 15) is 0 Å². The first-order chi connectivity index (χ1) is 10.2. The number of amidine groups is 1. The molecule has 1 aromatic heterocycles. The number of oxime groups is 1. The van der Waals surface area contributed by atoms with Gasteiger partial charge in [-0.2, -0.15) is 0 Å². The van der Waals surface area contributed by atoms with E-state index in [2.05, 4.69) is 20.7 Å². The van der Waals surface area contributed by atoms with Crippen LogP contribution in [0.25, 0.3) is 0 Å². The van der Waals surface area contributed by atoms with Crippen molar-refractivity contribution in [1.29, 1.82) is 0 Å². The van der Waals surface area contributed by atoms with Crippen molar-refractivity contribution in [3.8, 4) is 0 Å². The minimum Gasteiger partial charge on any atom is -0.409 e. The Morgan fingerprint density at radius 1 is 1.43 bits per heavy atom. The van der Waals surface area contributed by atoms with Crippen molar-refractivity contribution in [1.82, 2.24) is 20.1 Å². The first-order valence-electron chi connectivity index (χ1n) is 6.78. The lowest BCUT2D eigenvalue weighted by Gasteiger charge is -2.18. The highest BCUT2D eigenvalue weighted by Crippen LogP contribution is 2.16. The molecular weight excluding hydrogens is 268 g/mol. The molecule has 0 amide bonds. The molecule has 2 aromatic rings. The van der Waals surface area contributed by atoms with Crippen LogP contribution in [0.3, 0.4) is 0 Å². The van der Waals surface area contributed by atoms with E-state index in [1.165, 1.54) is 0 Å². The summed E-state index contributed by atoms with van der Waals surface area (Å²) in [5.41, 5.74) is 6.73. The highest BCUT2D eigenvalue weighted by molar-refractivity contribution is 5.80. The second kappa shape index (κ2) is 7.39. The van der Waals surface area contributed by atoms with Gasteiger partial charge in [0.1, 0.15) is 18.0 Å². The van der Waals surface area contributed by atoms with Crippen molar-refractivity contribution in [2.24, 2.45) is 17.9 Å². The molecule has 1 atom stereocenters. The fourth-order valence-electron chi connectivity index (χ4n) is 2.13. The average molecular weight is 288 g/mol. The number of benzene rings is 1. The lowest BCUT2D eigenvalue weighted by Crippen LogP contribution is -2.29. The van der Waals surface area contributed by atoms with Gasteiger partial charge in [0.15, 0.2) is 0 Å². The molecule has 0 fully saturated rings. The van der Waals surface area contributed by atoms with Crippen molar-refractivity contribution in [3.05, 3.63) is 48.0 Å². The smallest absolute Gasteiger partial charge is 0.141 e. The Morgan fingerprint density at radius 2 is 2.19 bits per heavy atom. The average Bonchev–Trinajstić information content (AvgIpc) is 2.92. The van der Waals surface area contributed by atoms with Crippen LogP contribution in [-0.4, -0.2) is 32.4 Å². The van der Waals surface area contributed by atoms with Gasteiger partial charge in [0.05, 0.1) is 0 Å². The molecule has 1 aromatic carbocycles. The molecule has 0 radical (unpaired) electrons. The molecule has 0 aliphatic carbocycles. The summed E-state index contributed by atoms with van der Waals surface area (Å²) in [6.45, 7) is 0.727. The predicted molar refractivity (Wildman–Crippen MR) is 79.9 cm³/mol. The summed E-state index contributed by atoms with van der Waals surface area (Å²) >= 11 is 0. The Kier molecular flexibility index (Phi) is 5.28. The Balaban J connectivity index is 1.98. The maximum Gasteiger partial charge on any atom is 0.141 e. The molecule has 0 spiro atoms. The molecule has 1 unspecified atom stereocenters. The quantitative estimate of drug-likeness (QED) is 0.303. The lowest BCUT2D eigenvalue weighted by atomic mass is 10.0. The number of nitrogens with one attached hydrogen (secondary N) is 1. The number of hydrogen-bond donors (Lipinski definition) is 3. The monoisotopic (exact) mass is 288 g/mol. The molecule has 1 heterocycles. The van der Waals surface area contributed by atoms with Crippen molar-refractivity contribution < 1.29 is 5.21 Å². The third-order valence-electron chi connectivity index (χ3n) is 3.29. The molecule has 2 rings (SSSR count). The molecule has 112 valence electrons. The van der Waals surface area contributed by atoms with E-state index in [1.807, 2.05) is 41.9 Å². The summed E-state index contributed by atoms with van der Waals surface area (Å²) in [5, 5.41) is 23.1. The highest BCUT2D eigenvalue weighted by atomic mass is 16.4. The Bertz CT molecular complexity index is 580. The van der Waals surface area contributed by atoms with E-state index < -0.39 is 0 Å². The van der Waals surface area contributed by atoms with E-state index in [0.717, 1.165) is 24.4 Å². The number of nitrogens with zero attached hydrogens (tertiary/aromatic N) is 4. The minimum absolute atomic E-state index is 0.00433. The molecule has 0 aliphatic heterocycles. The molecule has 7 heteroatoms. The van der Waals surface area contributed by atoms with Crippen LogP contribution in [0.4, 0.5) is 0 Å². The van der Waals surface area contributed by atoms with E-state index in [-0.39, 0.29) is 11.9 Å². The van der Waals surface area contributed by atoms with E-state index in [1.54, 1.807) is 6.33 Å². The highest BCUT2D eigenvalue weighted by Gasteiger charge is 2.13. The second-order valence-electron chi connectivity index (χ2n) is 4.82. The van der Waals surface area contributed by atoms with Gasteiger partial charge in [-0.05, 0) is 5.56 Å². The zero-order valence-corrected chi connectivity index (χ0v) is 12.0. The molecule has 4 N–H and O–H groups in total. The van der Waals surface area contributed by atoms with Crippen molar-refractivity contribution >= 4 is 5.84 Å². The van der Waals surface area contributed by atoms with Gasteiger partial charge in [-0.25, -0.2) is 0 Å². The van der Waals surface area contributed by atoms with Crippen LogP contribution in [0.5, 0.6) is 0 Å². The predicted octanol–water partition coefficient (Wildman–Crippen LogP) is 0.825. The molecule has 21 heavy (non-hydrogen) atoms.